The molecule has 2 N–H and O–H groups in total. The smallest absolute Gasteiger partial charge is 0.250 e. The van der Waals surface area contributed by atoms with Crippen LogP contribution in [-0.4, -0.2) is 23.8 Å². The zero-order valence-corrected chi connectivity index (χ0v) is 16.6. The van der Waals surface area contributed by atoms with E-state index in [1.54, 1.807) is 12.1 Å². The lowest BCUT2D eigenvalue weighted by molar-refractivity contribution is -0.130. The lowest BCUT2D eigenvalue weighted by atomic mass is 9.76. The molecule has 2 fully saturated rings. The average Bonchev–Trinajstić information content (AvgIpc) is 3.28. The molecule has 0 aromatic heterocycles. The van der Waals surface area contributed by atoms with Crippen LogP contribution in [0.5, 0.6) is 0 Å². The predicted octanol–water partition coefficient (Wildman–Crippen LogP) is 2.58. The van der Waals surface area contributed by atoms with Gasteiger partial charge in [-0.25, -0.2) is 4.90 Å². The van der Waals surface area contributed by atoms with Crippen LogP contribution in [0.2, 0.25) is 0 Å². The molecule has 3 aliphatic heterocycles. The van der Waals surface area contributed by atoms with Crippen LogP contribution in [0.25, 0.3) is 0 Å². The fourth-order valence-electron chi connectivity index (χ4n) is 5.21. The van der Waals surface area contributed by atoms with Crippen molar-refractivity contribution >= 4 is 29.1 Å². The highest BCUT2D eigenvalue weighted by Gasteiger charge is 2.70. The van der Waals surface area contributed by atoms with E-state index in [1.807, 2.05) is 57.2 Å². The third-order valence-corrected chi connectivity index (χ3v) is 6.57. The molecule has 3 aliphatic rings. The molecule has 5 rings (SSSR count). The van der Waals surface area contributed by atoms with Gasteiger partial charge in [-0.15, -0.1) is 0 Å². The summed E-state index contributed by atoms with van der Waals surface area (Å²) < 4.78 is 0. The van der Waals surface area contributed by atoms with E-state index in [1.165, 1.54) is 4.90 Å². The van der Waals surface area contributed by atoms with Crippen molar-refractivity contribution in [2.75, 3.05) is 10.2 Å². The molecular formula is C23H23N3O3. The first-order valence-electron chi connectivity index (χ1n) is 9.99. The van der Waals surface area contributed by atoms with E-state index >= 15 is 0 Å². The van der Waals surface area contributed by atoms with Gasteiger partial charge in [0.1, 0.15) is 5.54 Å². The van der Waals surface area contributed by atoms with Gasteiger partial charge in [0, 0.05) is 17.3 Å². The van der Waals surface area contributed by atoms with Crippen molar-refractivity contribution in [1.29, 1.82) is 0 Å². The Balaban J connectivity index is 1.68. The minimum atomic E-state index is -1.22. The fraction of sp³-hybridized carbons (Fsp3) is 0.348. The number of amides is 3. The third kappa shape index (κ3) is 2.23. The molecule has 0 radical (unpaired) electrons. The summed E-state index contributed by atoms with van der Waals surface area (Å²) in [6.07, 6.45) is 0. The summed E-state index contributed by atoms with van der Waals surface area (Å²) >= 11 is 0. The Morgan fingerprint density at radius 1 is 0.966 bits per heavy atom. The van der Waals surface area contributed by atoms with Crippen molar-refractivity contribution in [2.24, 2.45) is 17.8 Å². The van der Waals surface area contributed by atoms with Crippen LogP contribution < -0.4 is 15.5 Å². The molecule has 1 spiro atoms. The van der Waals surface area contributed by atoms with Crippen LogP contribution in [0.4, 0.5) is 11.4 Å². The largest absolute Gasteiger partial charge is 0.324 e. The standard InChI is InChI=1S/C23H23N3O3/c1-12(2)19-17-18(21(28)26(20(17)27)14-10-8-13(3)9-11-14)23(25-19)15-6-4-5-7-16(15)24-22(23)29/h4-12,17-19,25H,1-3H3,(H,24,29)/t17-,18-,19-,23?/m0/s1. The molecular weight excluding hydrogens is 366 g/mol. The lowest BCUT2D eigenvalue weighted by Gasteiger charge is -2.30. The summed E-state index contributed by atoms with van der Waals surface area (Å²) in [4.78, 5) is 41.7. The van der Waals surface area contributed by atoms with E-state index in [2.05, 4.69) is 10.6 Å². The molecule has 3 heterocycles. The normalized spacial score (nSPS) is 30.3. The van der Waals surface area contributed by atoms with Crippen molar-refractivity contribution < 1.29 is 14.4 Å². The Morgan fingerprint density at radius 3 is 2.34 bits per heavy atom. The van der Waals surface area contributed by atoms with Gasteiger partial charge >= 0.3 is 0 Å². The maximum Gasteiger partial charge on any atom is 0.250 e. The Kier molecular flexibility index (Phi) is 3.74. The molecule has 4 atom stereocenters. The Hall–Kier alpha value is -2.99. The summed E-state index contributed by atoms with van der Waals surface area (Å²) in [6.45, 7) is 5.98. The van der Waals surface area contributed by atoms with Crippen molar-refractivity contribution in [3.8, 4) is 0 Å². The molecule has 6 nitrogen and oxygen atoms in total. The van der Waals surface area contributed by atoms with Crippen LogP contribution in [0.15, 0.2) is 48.5 Å². The lowest BCUT2D eigenvalue weighted by Crippen LogP contribution is -2.54. The van der Waals surface area contributed by atoms with Crippen LogP contribution in [0.3, 0.4) is 0 Å². The number of benzene rings is 2. The van der Waals surface area contributed by atoms with Gasteiger partial charge in [0.25, 0.3) is 0 Å². The number of nitrogens with zero attached hydrogens (tertiary/aromatic N) is 1. The van der Waals surface area contributed by atoms with E-state index < -0.39 is 17.4 Å². The van der Waals surface area contributed by atoms with Crippen LogP contribution in [-0.2, 0) is 19.9 Å². The van der Waals surface area contributed by atoms with Crippen LogP contribution in [0.1, 0.15) is 25.0 Å². The molecule has 1 unspecified atom stereocenters. The van der Waals surface area contributed by atoms with Crippen molar-refractivity contribution in [3.63, 3.8) is 0 Å². The molecule has 0 bridgehead atoms. The van der Waals surface area contributed by atoms with Gasteiger partial charge in [0.2, 0.25) is 17.7 Å². The number of para-hydroxylation sites is 1. The van der Waals surface area contributed by atoms with E-state index in [0.29, 0.717) is 11.4 Å². The second-order valence-corrected chi connectivity index (χ2v) is 8.57. The summed E-state index contributed by atoms with van der Waals surface area (Å²) in [5, 5.41) is 6.35. The fourth-order valence-corrected chi connectivity index (χ4v) is 5.21. The number of rotatable bonds is 2. The highest BCUT2D eigenvalue weighted by atomic mass is 16.2. The summed E-state index contributed by atoms with van der Waals surface area (Å²) in [5.74, 6) is -2.08. The van der Waals surface area contributed by atoms with E-state index in [4.69, 9.17) is 0 Å². The van der Waals surface area contributed by atoms with Gasteiger partial charge in [-0.3, -0.25) is 19.7 Å². The summed E-state index contributed by atoms with van der Waals surface area (Å²) in [7, 11) is 0. The molecule has 148 valence electrons. The van der Waals surface area contributed by atoms with Gasteiger partial charge in [-0.1, -0.05) is 49.7 Å². The molecule has 29 heavy (non-hydrogen) atoms. The third-order valence-electron chi connectivity index (χ3n) is 6.57. The number of nitrogens with one attached hydrogen (secondary N) is 2. The van der Waals surface area contributed by atoms with Crippen molar-refractivity contribution in [1.82, 2.24) is 5.32 Å². The quantitative estimate of drug-likeness (QED) is 0.774. The van der Waals surface area contributed by atoms with Crippen LogP contribution >= 0.6 is 0 Å². The Labute approximate surface area is 169 Å². The number of anilines is 2. The minimum Gasteiger partial charge on any atom is -0.324 e. The van der Waals surface area contributed by atoms with Gasteiger partial charge < -0.3 is 5.32 Å². The average molecular weight is 389 g/mol. The van der Waals surface area contributed by atoms with E-state index in [9.17, 15) is 14.4 Å². The Morgan fingerprint density at radius 2 is 1.66 bits per heavy atom. The molecule has 2 saturated heterocycles. The number of hydrogen-bond donors (Lipinski definition) is 2. The topological polar surface area (TPSA) is 78.5 Å². The molecule has 2 aromatic rings. The van der Waals surface area contributed by atoms with Crippen molar-refractivity contribution in [2.45, 2.75) is 32.4 Å². The highest BCUT2D eigenvalue weighted by Crippen LogP contribution is 2.54. The van der Waals surface area contributed by atoms with Crippen molar-refractivity contribution in [3.05, 3.63) is 59.7 Å². The van der Waals surface area contributed by atoms with Gasteiger partial charge in [0.05, 0.1) is 17.5 Å². The maximum atomic E-state index is 13.7. The van der Waals surface area contributed by atoms with Gasteiger partial charge in [0.15, 0.2) is 0 Å². The molecule has 2 aromatic carbocycles. The second-order valence-electron chi connectivity index (χ2n) is 8.57. The van der Waals surface area contributed by atoms with Gasteiger partial charge in [-0.05, 0) is 31.0 Å². The highest BCUT2D eigenvalue weighted by molar-refractivity contribution is 6.25. The van der Waals surface area contributed by atoms with E-state index in [-0.39, 0.29) is 29.7 Å². The predicted molar refractivity (Wildman–Crippen MR) is 109 cm³/mol. The SMILES string of the molecule is Cc1ccc(N2C(=O)[C@H]3[C@@H](C2=O)C2(N[C@H]3C(C)C)C(=O)Nc3ccccc32)cc1. The zero-order valence-electron chi connectivity index (χ0n) is 16.6. The number of aryl methyl sites for hydroxylation is 1. The number of fused-ring (bicyclic) bond motifs is 4. The minimum absolute atomic E-state index is 0.0807. The molecule has 3 amide bonds. The van der Waals surface area contributed by atoms with E-state index in [0.717, 1.165) is 11.1 Å². The molecule has 6 heteroatoms. The number of carbonyl (C=O) groups is 3. The number of imide groups is 1. The van der Waals surface area contributed by atoms with Gasteiger partial charge in [-0.2, -0.15) is 0 Å². The summed E-state index contributed by atoms with van der Waals surface area (Å²) in [6, 6.07) is 14.5. The second kappa shape index (κ2) is 6.00. The number of hydrogen-bond acceptors (Lipinski definition) is 4. The monoisotopic (exact) mass is 389 g/mol. The number of carbonyl (C=O) groups excluding carboxylic acids is 3. The maximum absolute atomic E-state index is 13.7. The first-order chi connectivity index (χ1) is 13.9. The molecule has 0 saturated carbocycles. The first-order valence-corrected chi connectivity index (χ1v) is 9.99. The first kappa shape index (κ1) is 18.1. The van der Waals surface area contributed by atoms with Crippen LogP contribution in [0, 0.1) is 24.7 Å². The Bertz CT molecular complexity index is 1050. The molecule has 0 aliphatic carbocycles. The zero-order chi connectivity index (χ0) is 20.5. The summed E-state index contributed by atoms with van der Waals surface area (Å²) in [5.41, 5.74) is 1.83.